The molecule has 0 saturated heterocycles. The average molecular weight is 387 g/mol. The van der Waals surface area contributed by atoms with Crippen molar-refractivity contribution in [3.8, 4) is 5.75 Å². The molecule has 0 fully saturated rings. The number of hydrogen-bond donors (Lipinski definition) is 0. The summed E-state index contributed by atoms with van der Waals surface area (Å²) < 4.78 is 20.1. The smallest absolute Gasteiger partial charge is 0.197 e. The van der Waals surface area contributed by atoms with Gasteiger partial charge in [0.15, 0.2) is 5.78 Å². The number of ether oxygens (including phenoxy) is 1. The lowest BCUT2D eigenvalue weighted by Gasteiger charge is -2.06. The second kappa shape index (κ2) is 6.69. The molecule has 136 valence electrons. The van der Waals surface area contributed by atoms with E-state index in [0.29, 0.717) is 29.0 Å². The van der Waals surface area contributed by atoms with Gasteiger partial charge in [-0.1, -0.05) is 36.4 Å². The van der Waals surface area contributed by atoms with Gasteiger partial charge in [-0.15, -0.1) is 11.3 Å². The number of hydrogen-bond acceptors (Lipinski definition) is 4. The van der Waals surface area contributed by atoms with E-state index >= 15 is 0 Å². The first-order valence-electron chi connectivity index (χ1n) is 8.81. The van der Waals surface area contributed by atoms with Gasteiger partial charge in [-0.2, -0.15) is 0 Å². The molecule has 0 spiro atoms. The number of nitrogens with zero attached hydrogens (tertiary/aromatic N) is 1. The van der Waals surface area contributed by atoms with E-state index < -0.39 is 0 Å². The highest BCUT2D eigenvalue weighted by molar-refractivity contribution is 7.19. The molecule has 0 amide bonds. The van der Waals surface area contributed by atoms with E-state index in [4.69, 9.17) is 4.74 Å². The molecule has 3 nitrogen and oxygen atoms in total. The normalized spacial score (nSPS) is 13.2. The van der Waals surface area contributed by atoms with Crippen molar-refractivity contribution >= 4 is 39.5 Å². The first-order valence-corrected chi connectivity index (χ1v) is 9.63. The van der Waals surface area contributed by atoms with Crippen LogP contribution in [0, 0.1) is 5.82 Å². The summed E-state index contributed by atoms with van der Waals surface area (Å²) in [7, 11) is 0. The number of ketones is 1. The molecule has 3 aromatic carbocycles. The van der Waals surface area contributed by atoms with Gasteiger partial charge in [0.25, 0.3) is 0 Å². The summed E-state index contributed by atoms with van der Waals surface area (Å²) >= 11 is 1.49. The molecule has 0 atom stereocenters. The topological polar surface area (TPSA) is 39.2 Å². The third kappa shape index (κ3) is 3.00. The maximum absolute atomic E-state index is 13.3. The van der Waals surface area contributed by atoms with Gasteiger partial charge in [0.2, 0.25) is 0 Å². The molecule has 0 N–H and O–H groups in total. The molecular formula is C23H14FNO2S. The van der Waals surface area contributed by atoms with Crippen molar-refractivity contribution in [2.24, 2.45) is 0 Å². The molecular weight excluding hydrogens is 373 g/mol. The van der Waals surface area contributed by atoms with E-state index in [-0.39, 0.29) is 11.6 Å². The van der Waals surface area contributed by atoms with Crippen LogP contribution in [-0.4, -0.2) is 10.8 Å². The molecule has 5 heteroatoms. The highest BCUT2D eigenvalue weighted by Crippen LogP contribution is 2.30. The average Bonchev–Trinajstić information content (AvgIpc) is 3.06. The Balaban J connectivity index is 1.49. The molecule has 0 unspecified atom stereocenters. The van der Waals surface area contributed by atoms with Crippen LogP contribution in [0.15, 0.2) is 60.7 Å². The standard InChI is InChI=1S/C23H14FNO2S/c24-16-7-9-21-19(12-16)25-22(28-21)10-6-14-5-8-20-18(11-14)23(26)17-4-2-1-3-15(17)13-27-20/h1-12H,13H2. The van der Waals surface area contributed by atoms with Crippen molar-refractivity contribution in [2.45, 2.75) is 6.61 Å². The fourth-order valence-electron chi connectivity index (χ4n) is 3.28. The SMILES string of the molecule is O=C1c2ccccc2COc2ccc(C=Cc3nc4cc(F)ccc4s3)cc21. The predicted octanol–water partition coefficient (Wildman–Crippen LogP) is 5.73. The second-order valence-electron chi connectivity index (χ2n) is 6.53. The lowest BCUT2D eigenvalue weighted by atomic mass is 9.98. The Labute approximate surface area is 164 Å². The quantitative estimate of drug-likeness (QED) is 0.441. The van der Waals surface area contributed by atoms with Crippen LogP contribution in [-0.2, 0) is 6.61 Å². The fraction of sp³-hybridized carbons (Fsp3) is 0.0435. The minimum Gasteiger partial charge on any atom is -0.488 e. The summed E-state index contributed by atoms with van der Waals surface area (Å²) in [6.45, 7) is 0.381. The third-order valence-electron chi connectivity index (χ3n) is 4.68. The summed E-state index contributed by atoms with van der Waals surface area (Å²) in [6, 6.07) is 17.7. The van der Waals surface area contributed by atoms with Crippen LogP contribution in [0.4, 0.5) is 4.39 Å². The number of rotatable bonds is 2. The van der Waals surface area contributed by atoms with E-state index in [2.05, 4.69) is 4.98 Å². The number of benzene rings is 3. The molecule has 1 aromatic heterocycles. The number of carbonyl (C=O) groups excluding carboxylic acids is 1. The van der Waals surface area contributed by atoms with Crippen molar-refractivity contribution in [3.63, 3.8) is 0 Å². The lowest BCUT2D eigenvalue weighted by Crippen LogP contribution is -2.02. The molecule has 0 radical (unpaired) electrons. The van der Waals surface area contributed by atoms with Crippen molar-refractivity contribution < 1.29 is 13.9 Å². The number of fused-ring (bicyclic) bond motifs is 3. The molecule has 0 aliphatic carbocycles. The van der Waals surface area contributed by atoms with Gasteiger partial charge < -0.3 is 4.74 Å². The zero-order valence-electron chi connectivity index (χ0n) is 14.7. The Morgan fingerprint density at radius 3 is 2.82 bits per heavy atom. The molecule has 2 heterocycles. The van der Waals surface area contributed by atoms with Crippen molar-refractivity contribution in [2.75, 3.05) is 0 Å². The van der Waals surface area contributed by atoms with E-state index in [1.807, 2.05) is 54.6 Å². The Morgan fingerprint density at radius 2 is 1.89 bits per heavy atom. The van der Waals surface area contributed by atoms with Crippen LogP contribution in [0.2, 0.25) is 0 Å². The molecule has 1 aliphatic heterocycles. The van der Waals surface area contributed by atoms with Crippen LogP contribution in [0.1, 0.15) is 32.1 Å². The van der Waals surface area contributed by atoms with Crippen LogP contribution in [0.25, 0.3) is 22.4 Å². The lowest BCUT2D eigenvalue weighted by molar-refractivity contribution is 0.103. The number of thiazole rings is 1. The van der Waals surface area contributed by atoms with Gasteiger partial charge in [-0.3, -0.25) is 4.79 Å². The van der Waals surface area contributed by atoms with Crippen molar-refractivity contribution in [1.82, 2.24) is 4.98 Å². The largest absolute Gasteiger partial charge is 0.488 e. The minimum atomic E-state index is -0.294. The molecule has 4 aromatic rings. The molecule has 0 bridgehead atoms. The predicted molar refractivity (Wildman–Crippen MR) is 109 cm³/mol. The maximum Gasteiger partial charge on any atom is 0.197 e. The van der Waals surface area contributed by atoms with Gasteiger partial charge in [0, 0.05) is 17.2 Å². The van der Waals surface area contributed by atoms with Gasteiger partial charge >= 0.3 is 0 Å². The van der Waals surface area contributed by atoms with Gasteiger partial charge in [0.1, 0.15) is 23.2 Å². The molecule has 28 heavy (non-hydrogen) atoms. The number of halogens is 1. The minimum absolute atomic E-state index is 0.0335. The third-order valence-corrected chi connectivity index (χ3v) is 5.68. The van der Waals surface area contributed by atoms with Gasteiger partial charge in [0.05, 0.1) is 15.8 Å². The highest BCUT2D eigenvalue weighted by atomic mass is 32.1. The first kappa shape index (κ1) is 16.8. The summed E-state index contributed by atoms with van der Waals surface area (Å²) in [5.41, 5.74) is 3.64. The van der Waals surface area contributed by atoms with Gasteiger partial charge in [-0.05, 0) is 35.9 Å². The first-order chi connectivity index (χ1) is 13.7. The van der Waals surface area contributed by atoms with Crippen LogP contribution in [0.5, 0.6) is 5.75 Å². The van der Waals surface area contributed by atoms with Crippen molar-refractivity contribution in [1.29, 1.82) is 0 Å². The van der Waals surface area contributed by atoms with E-state index in [1.54, 1.807) is 6.07 Å². The zero-order valence-corrected chi connectivity index (χ0v) is 15.5. The molecule has 0 saturated carbocycles. The maximum atomic E-state index is 13.3. The van der Waals surface area contributed by atoms with Crippen LogP contribution >= 0.6 is 11.3 Å². The Bertz CT molecular complexity index is 1260. The van der Waals surface area contributed by atoms with Crippen LogP contribution < -0.4 is 4.74 Å². The second-order valence-corrected chi connectivity index (χ2v) is 7.59. The Morgan fingerprint density at radius 1 is 1.00 bits per heavy atom. The summed E-state index contributed by atoms with van der Waals surface area (Å²) in [4.78, 5) is 17.4. The van der Waals surface area contributed by atoms with E-state index in [9.17, 15) is 9.18 Å². The Hall–Kier alpha value is -3.31. The summed E-state index contributed by atoms with van der Waals surface area (Å²) in [5.74, 6) is 0.264. The molecule has 1 aliphatic rings. The number of carbonyl (C=O) groups is 1. The summed E-state index contributed by atoms with van der Waals surface area (Å²) in [5, 5.41) is 0.781. The summed E-state index contributed by atoms with van der Waals surface area (Å²) in [6.07, 6.45) is 3.78. The van der Waals surface area contributed by atoms with Crippen LogP contribution in [0.3, 0.4) is 0 Å². The molecule has 5 rings (SSSR count). The van der Waals surface area contributed by atoms with E-state index in [0.717, 1.165) is 20.8 Å². The van der Waals surface area contributed by atoms with E-state index in [1.165, 1.54) is 23.5 Å². The Kier molecular flexibility index (Phi) is 4.02. The van der Waals surface area contributed by atoms with Crippen molar-refractivity contribution in [3.05, 3.63) is 93.7 Å². The highest BCUT2D eigenvalue weighted by Gasteiger charge is 2.21. The number of aromatic nitrogens is 1. The van der Waals surface area contributed by atoms with Gasteiger partial charge in [-0.25, -0.2) is 9.37 Å². The fourth-order valence-corrected chi connectivity index (χ4v) is 4.13. The monoisotopic (exact) mass is 387 g/mol. The zero-order chi connectivity index (χ0) is 19.1.